The van der Waals surface area contributed by atoms with Gasteiger partial charge in [0.15, 0.2) is 0 Å². The summed E-state index contributed by atoms with van der Waals surface area (Å²) in [5.74, 6) is 0.707. The van der Waals surface area contributed by atoms with Gasteiger partial charge in [-0.25, -0.2) is 0 Å². The lowest BCUT2D eigenvalue weighted by Gasteiger charge is -2.13. The minimum atomic E-state index is 0.413. The van der Waals surface area contributed by atoms with Gasteiger partial charge in [-0.1, -0.05) is 23.7 Å². The van der Waals surface area contributed by atoms with E-state index in [0.29, 0.717) is 23.9 Å². The van der Waals surface area contributed by atoms with Crippen molar-refractivity contribution < 1.29 is 4.74 Å². The van der Waals surface area contributed by atoms with Gasteiger partial charge in [-0.05, 0) is 54.4 Å². The Balaban J connectivity index is 2.24. The van der Waals surface area contributed by atoms with Crippen molar-refractivity contribution in [2.24, 2.45) is 5.73 Å². The molecule has 0 saturated heterocycles. The topological polar surface area (TPSA) is 53.1 Å². The third-order valence-electron chi connectivity index (χ3n) is 3.27. The number of aromatic nitrogens is 2. The quantitative estimate of drug-likeness (QED) is 0.841. The predicted octanol–water partition coefficient (Wildman–Crippen LogP) is 3.71. The van der Waals surface area contributed by atoms with Crippen molar-refractivity contribution in [3.63, 3.8) is 0 Å². The molecule has 6 heteroatoms. The fraction of sp³-hybridized carbons (Fsp3) is 0.400. The third kappa shape index (κ3) is 3.59. The van der Waals surface area contributed by atoms with Crippen LogP contribution in [0.1, 0.15) is 23.9 Å². The number of aryl methyl sites for hydroxylation is 2. The SMILES string of the molecule is CCn1nc(C)c(Br)c1COc1c(Cl)cccc1CCN. The van der Waals surface area contributed by atoms with Crippen LogP contribution in [0, 0.1) is 6.92 Å². The van der Waals surface area contributed by atoms with E-state index >= 15 is 0 Å². The Kier molecular flexibility index (Phi) is 5.67. The molecule has 0 fully saturated rings. The maximum atomic E-state index is 6.25. The van der Waals surface area contributed by atoms with Crippen molar-refractivity contribution in [2.45, 2.75) is 33.4 Å². The van der Waals surface area contributed by atoms with Crippen LogP contribution in [-0.2, 0) is 19.6 Å². The molecule has 1 aromatic carbocycles. The molecule has 0 radical (unpaired) electrons. The molecular weight excluding hydrogens is 354 g/mol. The molecule has 0 unspecified atom stereocenters. The molecule has 0 aliphatic heterocycles. The number of halogens is 2. The van der Waals surface area contributed by atoms with Gasteiger partial charge in [-0.2, -0.15) is 5.10 Å². The second kappa shape index (κ2) is 7.29. The summed E-state index contributed by atoms with van der Waals surface area (Å²) in [5.41, 5.74) is 8.63. The Labute approximate surface area is 138 Å². The highest BCUT2D eigenvalue weighted by molar-refractivity contribution is 9.10. The largest absolute Gasteiger partial charge is 0.485 e. The van der Waals surface area contributed by atoms with E-state index in [4.69, 9.17) is 22.1 Å². The van der Waals surface area contributed by atoms with Gasteiger partial charge in [0.1, 0.15) is 12.4 Å². The summed E-state index contributed by atoms with van der Waals surface area (Å²) in [6, 6.07) is 5.73. The van der Waals surface area contributed by atoms with Crippen LogP contribution in [0.4, 0.5) is 0 Å². The van der Waals surface area contributed by atoms with E-state index in [9.17, 15) is 0 Å². The highest BCUT2D eigenvalue weighted by Crippen LogP contribution is 2.31. The Morgan fingerprint density at radius 1 is 1.43 bits per heavy atom. The lowest BCUT2D eigenvalue weighted by molar-refractivity contribution is 0.289. The van der Waals surface area contributed by atoms with Crippen molar-refractivity contribution in [3.8, 4) is 5.75 Å². The number of nitrogens with zero attached hydrogens (tertiary/aromatic N) is 2. The first-order valence-corrected chi connectivity index (χ1v) is 8.07. The fourth-order valence-corrected chi connectivity index (χ4v) is 2.86. The molecule has 0 saturated carbocycles. The molecule has 21 heavy (non-hydrogen) atoms. The summed E-state index contributed by atoms with van der Waals surface area (Å²) in [6.45, 7) is 5.79. The number of para-hydroxylation sites is 1. The maximum Gasteiger partial charge on any atom is 0.141 e. The zero-order valence-electron chi connectivity index (χ0n) is 12.2. The van der Waals surface area contributed by atoms with Crippen molar-refractivity contribution in [1.29, 1.82) is 0 Å². The first kappa shape index (κ1) is 16.3. The van der Waals surface area contributed by atoms with Crippen molar-refractivity contribution >= 4 is 27.5 Å². The van der Waals surface area contributed by atoms with Gasteiger partial charge in [-0.3, -0.25) is 4.68 Å². The molecule has 2 aromatic rings. The van der Waals surface area contributed by atoms with E-state index in [1.807, 2.05) is 29.8 Å². The number of nitrogens with two attached hydrogens (primary N) is 1. The maximum absolute atomic E-state index is 6.25. The van der Waals surface area contributed by atoms with Crippen LogP contribution in [-0.4, -0.2) is 16.3 Å². The summed E-state index contributed by atoms with van der Waals surface area (Å²) in [4.78, 5) is 0. The molecule has 0 bridgehead atoms. The zero-order chi connectivity index (χ0) is 15.4. The molecule has 0 aliphatic rings. The molecule has 2 rings (SSSR count). The molecular formula is C15H19BrClN3O. The van der Waals surface area contributed by atoms with Crippen LogP contribution in [0.25, 0.3) is 0 Å². The number of hydrogen-bond acceptors (Lipinski definition) is 3. The standard InChI is InChI=1S/C15H19BrClN3O/c1-3-20-13(14(16)10(2)19-20)9-21-15-11(7-8-18)5-4-6-12(15)17/h4-6H,3,7-9,18H2,1-2H3. The minimum absolute atomic E-state index is 0.413. The number of hydrogen-bond donors (Lipinski definition) is 1. The van der Waals surface area contributed by atoms with Gasteiger partial charge >= 0.3 is 0 Å². The summed E-state index contributed by atoms with van der Waals surface area (Å²) < 4.78 is 8.88. The van der Waals surface area contributed by atoms with Gasteiger partial charge < -0.3 is 10.5 Å². The van der Waals surface area contributed by atoms with Crippen LogP contribution in [0.15, 0.2) is 22.7 Å². The second-order valence-corrected chi connectivity index (χ2v) is 5.92. The first-order chi connectivity index (χ1) is 10.1. The first-order valence-electron chi connectivity index (χ1n) is 6.90. The van der Waals surface area contributed by atoms with Gasteiger partial charge in [0.2, 0.25) is 0 Å². The van der Waals surface area contributed by atoms with Crippen molar-refractivity contribution in [1.82, 2.24) is 9.78 Å². The summed E-state index contributed by atoms with van der Waals surface area (Å²) in [5, 5.41) is 5.07. The van der Waals surface area contributed by atoms with Crippen LogP contribution in [0.3, 0.4) is 0 Å². The number of benzene rings is 1. The summed E-state index contributed by atoms with van der Waals surface area (Å²) in [6.07, 6.45) is 0.739. The van der Waals surface area contributed by atoms with E-state index in [1.165, 1.54) is 0 Å². The molecule has 1 aromatic heterocycles. The van der Waals surface area contributed by atoms with Crippen LogP contribution >= 0.6 is 27.5 Å². The number of ether oxygens (including phenoxy) is 1. The second-order valence-electron chi connectivity index (χ2n) is 4.72. The Hall–Kier alpha value is -1.04. The van der Waals surface area contributed by atoms with E-state index in [-0.39, 0.29) is 0 Å². The normalized spacial score (nSPS) is 10.9. The smallest absolute Gasteiger partial charge is 0.141 e. The van der Waals surface area contributed by atoms with Crippen LogP contribution in [0.5, 0.6) is 5.75 Å². The average Bonchev–Trinajstić information content (AvgIpc) is 2.74. The molecule has 1 heterocycles. The summed E-state index contributed by atoms with van der Waals surface area (Å²) in [7, 11) is 0. The Morgan fingerprint density at radius 3 is 2.86 bits per heavy atom. The highest BCUT2D eigenvalue weighted by Gasteiger charge is 2.14. The van der Waals surface area contributed by atoms with Crippen LogP contribution < -0.4 is 10.5 Å². The molecule has 0 aliphatic carbocycles. The Bertz CT molecular complexity index is 628. The molecule has 4 nitrogen and oxygen atoms in total. The zero-order valence-corrected chi connectivity index (χ0v) is 14.5. The predicted molar refractivity (Wildman–Crippen MR) is 88.9 cm³/mol. The molecule has 0 amide bonds. The van der Waals surface area contributed by atoms with Gasteiger partial charge in [0.05, 0.1) is 20.9 Å². The average molecular weight is 373 g/mol. The van der Waals surface area contributed by atoms with Gasteiger partial charge in [-0.15, -0.1) is 0 Å². The van der Waals surface area contributed by atoms with Crippen LogP contribution in [0.2, 0.25) is 5.02 Å². The molecule has 0 atom stereocenters. The minimum Gasteiger partial charge on any atom is -0.485 e. The third-order valence-corrected chi connectivity index (χ3v) is 4.60. The fourth-order valence-electron chi connectivity index (χ4n) is 2.21. The van der Waals surface area contributed by atoms with E-state index in [0.717, 1.165) is 34.4 Å². The molecule has 0 spiro atoms. The molecule has 2 N–H and O–H groups in total. The number of rotatable bonds is 6. The lowest BCUT2D eigenvalue weighted by atomic mass is 10.1. The van der Waals surface area contributed by atoms with Gasteiger partial charge in [0, 0.05) is 6.54 Å². The Morgan fingerprint density at radius 2 is 2.19 bits per heavy atom. The molecule has 114 valence electrons. The highest BCUT2D eigenvalue weighted by atomic mass is 79.9. The summed E-state index contributed by atoms with van der Waals surface area (Å²) >= 11 is 9.82. The van der Waals surface area contributed by atoms with E-state index in [2.05, 4.69) is 28.0 Å². The van der Waals surface area contributed by atoms with E-state index in [1.54, 1.807) is 0 Å². The monoisotopic (exact) mass is 371 g/mol. The van der Waals surface area contributed by atoms with Crippen molar-refractivity contribution in [2.75, 3.05) is 6.54 Å². The van der Waals surface area contributed by atoms with Crippen molar-refractivity contribution in [3.05, 3.63) is 44.6 Å². The van der Waals surface area contributed by atoms with Gasteiger partial charge in [0.25, 0.3) is 0 Å². The van der Waals surface area contributed by atoms with E-state index < -0.39 is 0 Å². The lowest BCUT2D eigenvalue weighted by Crippen LogP contribution is -2.09.